The highest BCUT2D eigenvalue weighted by Crippen LogP contribution is 2.32. The predicted molar refractivity (Wildman–Crippen MR) is 110 cm³/mol. The molecule has 3 rings (SSSR count). The van der Waals surface area contributed by atoms with Crippen molar-refractivity contribution in [2.45, 2.75) is 6.42 Å². The summed E-state index contributed by atoms with van der Waals surface area (Å²) in [6.45, 7) is 0.832. The van der Waals surface area contributed by atoms with Gasteiger partial charge in [0.2, 0.25) is 11.8 Å². The molecule has 0 spiro atoms. The average molecular weight is 416 g/mol. The van der Waals surface area contributed by atoms with Gasteiger partial charge in [-0.25, -0.2) is 0 Å². The number of methoxy groups -OCH3 is 1. The zero-order valence-electron chi connectivity index (χ0n) is 16.0. The standard InChI is InChI=1S/C21H22ClN3O4/c1-29-18-8-3-2-7-17(18)25-13-15(12-19(25)26)21(28)24-10-9-23-20(27)14-5-4-6-16(22)11-14/h2-8,11,15H,9-10,12-13H2,1H3,(H,23,27)(H,24,28). The summed E-state index contributed by atoms with van der Waals surface area (Å²) in [6.07, 6.45) is 0.138. The summed E-state index contributed by atoms with van der Waals surface area (Å²) >= 11 is 5.88. The number of amides is 3. The van der Waals surface area contributed by atoms with Crippen molar-refractivity contribution in [3.63, 3.8) is 0 Å². The molecule has 1 saturated heterocycles. The number of nitrogens with zero attached hydrogens (tertiary/aromatic N) is 1. The number of para-hydroxylation sites is 2. The summed E-state index contributed by atoms with van der Waals surface area (Å²) in [4.78, 5) is 38.4. The van der Waals surface area contributed by atoms with Crippen LogP contribution in [0.3, 0.4) is 0 Å². The lowest BCUT2D eigenvalue weighted by molar-refractivity contribution is -0.126. The predicted octanol–water partition coefficient (Wildman–Crippen LogP) is 2.25. The van der Waals surface area contributed by atoms with E-state index in [0.29, 0.717) is 28.6 Å². The van der Waals surface area contributed by atoms with Gasteiger partial charge in [-0.3, -0.25) is 14.4 Å². The molecule has 2 N–H and O–H groups in total. The highest BCUT2D eigenvalue weighted by molar-refractivity contribution is 6.30. The molecule has 1 aliphatic heterocycles. The van der Waals surface area contributed by atoms with Crippen LogP contribution in [0.25, 0.3) is 0 Å². The third-order valence-corrected chi connectivity index (χ3v) is 4.90. The van der Waals surface area contributed by atoms with Crippen LogP contribution in [0, 0.1) is 5.92 Å². The van der Waals surface area contributed by atoms with Gasteiger partial charge < -0.3 is 20.3 Å². The van der Waals surface area contributed by atoms with Crippen LogP contribution in [-0.2, 0) is 9.59 Å². The van der Waals surface area contributed by atoms with E-state index < -0.39 is 5.92 Å². The number of benzene rings is 2. The fourth-order valence-corrected chi connectivity index (χ4v) is 3.40. The minimum Gasteiger partial charge on any atom is -0.495 e. The Kier molecular flexibility index (Phi) is 6.72. The fraction of sp³-hybridized carbons (Fsp3) is 0.286. The number of carbonyl (C=O) groups excluding carboxylic acids is 3. The van der Waals surface area contributed by atoms with E-state index in [1.807, 2.05) is 12.1 Å². The molecule has 0 saturated carbocycles. The lowest BCUT2D eigenvalue weighted by Gasteiger charge is -2.19. The van der Waals surface area contributed by atoms with Crippen molar-refractivity contribution in [2.24, 2.45) is 5.92 Å². The number of ether oxygens (including phenoxy) is 1. The lowest BCUT2D eigenvalue weighted by atomic mass is 10.1. The van der Waals surface area contributed by atoms with Crippen LogP contribution in [0.2, 0.25) is 5.02 Å². The van der Waals surface area contributed by atoms with Crippen LogP contribution in [0.5, 0.6) is 5.75 Å². The molecule has 1 atom stereocenters. The first-order valence-electron chi connectivity index (χ1n) is 9.24. The zero-order valence-corrected chi connectivity index (χ0v) is 16.7. The summed E-state index contributed by atoms with van der Waals surface area (Å²) in [6, 6.07) is 13.8. The van der Waals surface area contributed by atoms with E-state index >= 15 is 0 Å². The maximum absolute atomic E-state index is 12.4. The molecule has 152 valence electrons. The van der Waals surface area contributed by atoms with Gasteiger partial charge in [-0.2, -0.15) is 0 Å². The first-order valence-corrected chi connectivity index (χ1v) is 9.62. The minimum absolute atomic E-state index is 0.121. The Morgan fingerprint density at radius 3 is 2.66 bits per heavy atom. The molecule has 0 radical (unpaired) electrons. The van der Waals surface area contributed by atoms with Crippen molar-refractivity contribution in [1.82, 2.24) is 10.6 Å². The number of halogens is 1. The van der Waals surface area contributed by atoms with Gasteiger partial charge in [0.25, 0.3) is 5.91 Å². The molecular formula is C21H22ClN3O4. The number of rotatable bonds is 7. The maximum Gasteiger partial charge on any atom is 0.251 e. The Hall–Kier alpha value is -3.06. The summed E-state index contributed by atoms with van der Waals surface area (Å²) in [5.41, 5.74) is 1.11. The Labute approximate surface area is 174 Å². The van der Waals surface area contributed by atoms with E-state index in [0.717, 1.165) is 0 Å². The third-order valence-electron chi connectivity index (χ3n) is 4.67. The Balaban J connectivity index is 1.48. The quantitative estimate of drug-likeness (QED) is 0.679. The molecule has 1 aliphatic rings. The number of hydrogen-bond donors (Lipinski definition) is 2. The lowest BCUT2D eigenvalue weighted by Crippen LogP contribution is -2.38. The van der Waals surface area contributed by atoms with Crippen LogP contribution in [-0.4, -0.2) is 44.5 Å². The molecular weight excluding hydrogens is 394 g/mol. The van der Waals surface area contributed by atoms with Crippen LogP contribution in [0.1, 0.15) is 16.8 Å². The zero-order chi connectivity index (χ0) is 20.8. The second kappa shape index (κ2) is 9.43. The van der Waals surface area contributed by atoms with Gasteiger partial charge in [0.1, 0.15) is 5.75 Å². The fourth-order valence-electron chi connectivity index (χ4n) is 3.21. The molecule has 2 aromatic carbocycles. The van der Waals surface area contributed by atoms with Crippen molar-refractivity contribution < 1.29 is 19.1 Å². The molecule has 1 heterocycles. The molecule has 2 aromatic rings. The third kappa shape index (κ3) is 5.06. The van der Waals surface area contributed by atoms with E-state index in [1.165, 1.54) is 0 Å². The Morgan fingerprint density at radius 2 is 1.90 bits per heavy atom. The highest BCUT2D eigenvalue weighted by Gasteiger charge is 2.36. The molecule has 7 nitrogen and oxygen atoms in total. The summed E-state index contributed by atoms with van der Waals surface area (Å²) in [5.74, 6) is -0.460. The number of nitrogens with one attached hydrogen (secondary N) is 2. The van der Waals surface area contributed by atoms with Crippen molar-refractivity contribution in [3.8, 4) is 5.75 Å². The molecule has 1 unspecified atom stereocenters. The molecule has 29 heavy (non-hydrogen) atoms. The molecule has 0 aliphatic carbocycles. The van der Waals surface area contributed by atoms with Gasteiger partial charge in [0.15, 0.2) is 0 Å². The number of carbonyl (C=O) groups is 3. The SMILES string of the molecule is COc1ccccc1N1CC(C(=O)NCCNC(=O)c2cccc(Cl)c2)CC1=O. The molecule has 3 amide bonds. The van der Waals surface area contributed by atoms with Gasteiger partial charge in [-0.15, -0.1) is 0 Å². The maximum atomic E-state index is 12.4. The highest BCUT2D eigenvalue weighted by atomic mass is 35.5. The van der Waals surface area contributed by atoms with E-state index in [1.54, 1.807) is 48.4 Å². The average Bonchev–Trinajstić information content (AvgIpc) is 3.12. The Morgan fingerprint density at radius 1 is 1.14 bits per heavy atom. The topological polar surface area (TPSA) is 87.7 Å². The number of anilines is 1. The van der Waals surface area contributed by atoms with E-state index in [-0.39, 0.29) is 37.2 Å². The van der Waals surface area contributed by atoms with Gasteiger partial charge in [0.05, 0.1) is 18.7 Å². The van der Waals surface area contributed by atoms with Gasteiger partial charge >= 0.3 is 0 Å². The normalized spacial score (nSPS) is 15.9. The van der Waals surface area contributed by atoms with E-state index in [4.69, 9.17) is 16.3 Å². The van der Waals surface area contributed by atoms with Crippen LogP contribution in [0.4, 0.5) is 5.69 Å². The van der Waals surface area contributed by atoms with Gasteiger partial charge in [-0.1, -0.05) is 29.8 Å². The molecule has 0 bridgehead atoms. The van der Waals surface area contributed by atoms with E-state index in [2.05, 4.69) is 10.6 Å². The largest absolute Gasteiger partial charge is 0.495 e. The van der Waals surface area contributed by atoms with Crippen molar-refractivity contribution >= 4 is 35.0 Å². The Bertz CT molecular complexity index is 918. The monoisotopic (exact) mass is 415 g/mol. The molecule has 0 aromatic heterocycles. The first kappa shape index (κ1) is 20.7. The summed E-state index contributed by atoms with van der Waals surface area (Å²) in [7, 11) is 1.54. The van der Waals surface area contributed by atoms with Crippen molar-refractivity contribution in [3.05, 3.63) is 59.1 Å². The van der Waals surface area contributed by atoms with Crippen molar-refractivity contribution in [1.29, 1.82) is 0 Å². The number of hydrogen-bond acceptors (Lipinski definition) is 4. The molecule has 8 heteroatoms. The molecule has 1 fully saturated rings. The summed E-state index contributed by atoms with van der Waals surface area (Å²) < 4.78 is 5.30. The van der Waals surface area contributed by atoms with Gasteiger partial charge in [-0.05, 0) is 30.3 Å². The first-order chi connectivity index (χ1) is 14.0. The van der Waals surface area contributed by atoms with Crippen molar-refractivity contribution in [2.75, 3.05) is 31.6 Å². The van der Waals surface area contributed by atoms with Gasteiger partial charge in [0, 0.05) is 36.6 Å². The smallest absolute Gasteiger partial charge is 0.251 e. The van der Waals surface area contributed by atoms with E-state index in [9.17, 15) is 14.4 Å². The second-order valence-corrected chi connectivity index (χ2v) is 7.07. The van der Waals surface area contributed by atoms with Crippen LogP contribution < -0.4 is 20.3 Å². The summed E-state index contributed by atoms with van der Waals surface area (Å²) in [5, 5.41) is 5.98. The van der Waals surface area contributed by atoms with Crippen LogP contribution >= 0.6 is 11.6 Å². The second-order valence-electron chi connectivity index (χ2n) is 6.63. The minimum atomic E-state index is -0.448. The van der Waals surface area contributed by atoms with Crippen LogP contribution in [0.15, 0.2) is 48.5 Å².